The first-order valence-electron chi connectivity index (χ1n) is 6.66. The molecule has 0 spiro atoms. The van der Waals surface area contributed by atoms with Crippen molar-refractivity contribution in [2.45, 2.75) is 19.6 Å². The van der Waals surface area contributed by atoms with Crippen molar-refractivity contribution in [1.82, 2.24) is 9.38 Å². The van der Waals surface area contributed by atoms with Crippen LogP contribution in [0.1, 0.15) is 24.3 Å². The van der Waals surface area contributed by atoms with Gasteiger partial charge in [-0.1, -0.05) is 6.07 Å². The van der Waals surface area contributed by atoms with Crippen LogP contribution in [0.5, 0.6) is 5.75 Å². The number of hydrogen-bond acceptors (Lipinski definition) is 3. The van der Waals surface area contributed by atoms with E-state index in [0.717, 1.165) is 11.3 Å². The summed E-state index contributed by atoms with van der Waals surface area (Å²) >= 11 is 0. The van der Waals surface area contributed by atoms with E-state index < -0.39 is 11.9 Å². The van der Waals surface area contributed by atoms with Crippen molar-refractivity contribution < 1.29 is 14.2 Å². The molecule has 0 amide bonds. The quantitative estimate of drug-likeness (QED) is 0.801. The number of aliphatic hydroxyl groups is 1. The molecule has 0 aliphatic heterocycles. The van der Waals surface area contributed by atoms with Gasteiger partial charge in [-0.25, -0.2) is 9.37 Å². The van der Waals surface area contributed by atoms with E-state index in [1.165, 1.54) is 19.1 Å². The van der Waals surface area contributed by atoms with Crippen LogP contribution in [0.25, 0.3) is 5.65 Å². The molecule has 0 saturated heterocycles. The number of ether oxygens (including phenoxy) is 1. The van der Waals surface area contributed by atoms with Crippen LogP contribution in [0.2, 0.25) is 0 Å². The molecule has 108 valence electrons. The SMILES string of the molecule is CC(O)c1ccc(OCc2cn3ccccc3n2)cc1F. The third-order valence-corrected chi connectivity index (χ3v) is 3.22. The smallest absolute Gasteiger partial charge is 0.137 e. The molecular formula is C16H15FN2O2. The van der Waals surface area contributed by atoms with E-state index in [0.29, 0.717) is 5.75 Å². The Labute approximate surface area is 121 Å². The number of rotatable bonds is 4. The number of imidazole rings is 1. The number of halogens is 1. The minimum absolute atomic E-state index is 0.259. The summed E-state index contributed by atoms with van der Waals surface area (Å²) in [5.41, 5.74) is 1.86. The summed E-state index contributed by atoms with van der Waals surface area (Å²) in [7, 11) is 0. The lowest BCUT2D eigenvalue weighted by molar-refractivity contribution is 0.193. The topological polar surface area (TPSA) is 46.8 Å². The first-order chi connectivity index (χ1) is 10.1. The number of fused-ring (bicyclic) bond motifs is 1. The van der Waals surface area contributed by atoms with Crippen molar-refractivity contribution in [2.24, 2.45) is 0 Å². The van der Waals surface area contributed by atoms with Gasteiger partial charge in [-0.05, 0) is 31.2 Å². The van der Waals surface area contributed by atoms with Gasteiger partial charge in [-0.3, -0.25) is 0 Å². The molecule has 1 aromatic carbocycles. The molecule has 1 N–H and O–H groups in total. The molecule has 21 heavy (non-hydrogen) atoms. The highest BCUT2D eigenvalue weighted by Gasteiger charge is 2.09. The van der Waals surface area contributed by atoms with E-state index in [2.05, 4.69) is 4.98 Å². The fourth-order valence-electron chi connectivity index (χ4n) is 2.15. The van der Waals surface area contributed by atoms with Gasteiger partial charge in [0, 0.05) is 24.0 Å². The Bertz CT molecular complexity index is 735. The molecule has 0 fully saturated rings. The van der Waals surface area contributed by atoms with Crippen LogP contribution in [-0.4, -0.2) is 14.5 Å². The molecule has 0 radical (unpaired) electrons. The van der Waals surface area contributed by atoms with Crippen molar-refractivity contribution in [2.75, 3.05) is 0 Å². The molecule has 3 rings (SSSR count). The van der Waals surface area contributed by atoms with Crippen LogP contribution in [0.4, 0.5) is 4.39 Å². The number of pyridine rings is 1. The number of hydrogen-bond donors (Lipinski definition) is 1. The van der Waals surface area contributed by atoms with Gasteiger partial charge in [0.05, 0.1) is 11.8 Å². The summed E-state index contributed by atoms with van der Waals surface area (Å²) in [6.45, 7) is 1.78. The first-order valence-corrected chi connectivity index (χ1v) is 6.66. The van der Waals surface area contributed by atoms with Crippen LogP contribution < -0.4 is 4.74 Å². The molecule has 4 nitrogen and oxygen atoms in total. The summed E-state index contributed by atoms with van der Waals surface area (Å²) in [5.74, 6) is -0.0635. The van der Waals surface area contributed by atoms with Gasteiger partial charge < -0.3 is 14.2 Å². The zero-order valence-corrected chi connectivity index (χ0v) is 11.5. The lowest BCUT2D eigenvalue weighted by Gasteiger charge is -2.09. The number of nitrogens with zero attached hydrogens (tertiary/aromatic N) is 2. The molecule has 2 aromatic heterocycles. The van der Waals surface area contributed by atoms with E-state index >= 15 is 0 Å². The average molecular weight is 286 g/mol. The van der Waals surface area contributed by atoms with Crippen LogP contribution in [-0.2, 0) is 6.61 Å². The van der Waals surface area contributed by atoms with Gasteiger partial charge in [-0.2, -0.15) is 0 Å². The second-order valence-corrected chi connectivity index (χ2v) is 4.85. The highest BCUT2D eigenvalue weighted by molar-refractivity contribution is 5.39. The molecule has 2 heterocycles. The van der Waals surface area contributed by atoms with Crippen molar-refractivity contribution in [1.29, 1.82) is 0 Å². The lowest BCUT2D eigenvalue weighted by atomic mass is 10.1. The Balaban J connectivity index is 1.74. The molecule has 1 atom stereocenters. The monoisotopic (exact) mass is 286 g/mol. The standard InChI is InChI=1S/C16H15FN2O2/c1-11(20)14-6-5-13(8-15(14)17)21-10-12-9-19-7-3-2-4-16(19)18-12/h2-9,11,20H,10H2,1H3. The number of benzene rings is 1. The van der Waals surface area contributed by atoms with E-state index in [1.54, 1.807) is 6.07 Å². The maximum absolute atomic E-state index is 13.7. The van der Waals surface area contributed by atoms with Gasteiger partial charge in [0.25, 0.3) is 0 Å². The second kappa shape index (κ2) is 5.54. The first kappa shape index (κ1) is 13.6. The Morgan fingerprint density at radius 1 is 1.33 bits per heavy atom. The maximum atomic E-state index is 13.7. The maximum Gasteiger partial charge on any atom is 0.137 e. The van der Waals surface area contributed by atoms with Gasteiger partial charge in [0.15, 0.2) is 0 Å². The summed E-state index contributed by atoms with van der Waals surface area (Å²) in [6.07, 6.45) is 2.94. The Morgan fingerprint density at radius 3 is 2.90 bits per heavy atom. The predicted octanol–water partition coefficient (Wildman–Crippen LogP) is 3.11. The average Bonchev–Trinajstić information content (AvgIpc) is 2.87. The van der Waals surface area contributed by atoms with Crippen LogP contribution in [0.3, 0.4) is 0 Å². The van der Waals surface area contributed by atoms with E-state index in [9.17, 15) is 9.50 Å². The number of aromatic nitrogens is 2. The highest BCUT2D eigenvalue weighted by Crippen LogP contribution is 2.22. The molecular weight excluding hydrogens is 271 g/mol. The third-order valence-electron chi connectivity index (χ3n) is 3.22. The van der Waals surface area contributed by atoms with Gasteiger partial charge in [0.2, 0.25) is 0 Å². The third kappa shape index (κ3) is 2.87. The summed E-state index contributed by atoms with van der Waals surface area (Å²) in [4.78, 5) is 4.40. The predicted molar refractivity (Wildman–Crippen MR) is 76.6 cm³/mol. The van der Waals surface area contributed by atoms with E-state index in [-0.39, 0.29) is 12.2 Å². The largest absolute Gasteiger partial charge is 0.487 e. The lowest BCUT2D eigenvalue weighted by Crippen LogP contribution is -1.99. The van der Waals surface area contributed by atoms with Crippen LogP contribution in [0.15, 0.2) is 48.8 Å². The Morgan fingerprint density at radius 2 is 2.19 bits per heavy atom. The van der Waals surface area contributed by atoms with Gasteiger partial charge >= 0.3 is 0 Å². The van der Waals surface area contributed by atoms with Gasteiger partial charge in [-0.15, -0.1) is 0 Å². The zero-order chi connectivity index (χ0) is 14.8. The Kier molecular flexibility index (Phi) is 3.58. The van der Waals surface area contributed by atoms with E-state index in [4.69, 9.17) is 4.74 Å². The minimum Gasteiger partial charge on any atom is -0.487 e. The molecule has 5 heteroatoms. The van der Waals surface area contributed by atoms with Crippen LogP contribution >= 0.6 is 0 Å². The minimum atomic E-state index is -0.836. The van der Waals surface area contributed by atoms with Crippen LogP contribution in [0, 0.1) is 5.82 Å². The van der Waals surface area contributed by atoms with E-state index in [1.807, 2.05) is 35.0 Å². The molecule has 0 bridgehead atoms. The van der Waals surface area contributed by atoms with Crippen molar-refractivity contribution in [3.63, 3.8) is 0 Å². The van der Waals surface area contributed by atoms with Gasteiger partial charge in [0.1, 0.15) is 23.8 Å². The van der Waals surface area contributed by atoms with Crippen molar-refractivity contribution >= 4 is 5.65 Å². The Hall–Kier alpha value is -2.40. The summed E-state index contributed by atoms with van der Waals surface area (Å²) in [6, 6.07) is 10.2. The zero-order valence-electron chi connectivity index (χ0n) is 11.5. The fourth-order valence-corrected chi connectivity index (χ4v) is 2.15. The fraction of sp³-hybridized carbons (Fsp3) is 0.188. The normalized spacial score (nSPS) is 12.5. The number of aliphatic hydroxyl groups excluding tert-OH is 1. The summed E-state index contributed by atoms with van der Waals surface area (Å²) < 4.78 is 21.2. The summed E-state index contributed by atoms with van der Waals surface area (Å²) in [5, 5.41) is 9.39. The second-order valence-electron chi connectivity index (χ2n) is 4.85. The highest BCUT2D eigenvalue weighted by atomic mass is 19.1. The van der Waals surface area contributed by atoms with Crippen molar-refractivity contribution in [3.05, 3.63) is 65.9 Å². The molecule has 1 unspecified atom stereocenters. The molecule has 0 aliphatic rings. The molecule has 0 aliphatic carbocycles. The molecule has 3 aromatic rings. The van der Waals surface area contributed by atoms with Crippen molar-refractivity contribution in [3.8, 4) is 5.75 Å². The molecule has 0 saturated carbocycles.